The Morgan fingerprint density at radius 3 is 2.71 bits per heavy atom. The minimum absolute atomic E-state index is 0.0507. The van der Waals surface area contributed by atoms with E-state index < -0.39 is 0 Å². The molecule has 1 saturated carbocycles. The van der Waals surface area contributed by atoms with E-state index in [-0.39, 0.29) is 23.8 Å². The molecule has 2 aliphatic rings. The third-order valence-corrected chi connectivity index (χ3v) is 7.05. The van der Waals surface area contributed by atoms with Crippen LogP contribution in [-0.4, -0.2) is 51.1 Å². The number of pyridine rings is 1. The molecule has 0 bridgehead atoms. The number of rotatable bonds is 6. The summed E-state index contributed by atoms with van der Waals surface area (Å²) >= 11 is 0. The lowest BCUT2D eigenvalue weighted by molar-refractivity contribution is -0.126. The summed E-state index contributed by atoms with van der Waals surface area (Å²) < 4.78 is 1.87. The van der Waals surface area contributed by atoms with Crippen LogP contribution in [0, 0.1) is 18.8 Å². The van der Waals surface area contributed by atoms with Gasteiger partial charge in [0.05, 0.1) is 28.8 Å². The van der Waals surface area contributed by atoms with Crippen molar-refractivity contribution in [2.24, 2.45) is 11.8 Å². The summed E-state index contributed by atoms with van der Waals surface area (Å²) in [6, 6.07) is 10.1. The molecule has 7 nitrogen and oxygen atoms in total. The molecular formula is C27H33N5O2. The highest BCUT2D eigenvalue weighted by atomic mass is 16.2. The van der Waals surface area contributed by atoms with Crippen molar-refractivity contribution in [3.8, 4) is 11.3 Å². The van der Waals surface area contributed by atoms with E-state index in [4.69, 9.17) is 4.98 Å². The van der Waals surface area contributed by atoms with Gasteiger partial charge in [0.1, 0.15) is 0 Å². The summed E-state index contributed by atoms with van der Waals surface area (Å²) in [4.78, 5) is 33.3. The van der Waals surface area contributed by atoms with Crippen LogP contribution in [0.25, 0.3) is 22.3 Å². The largest absolute Gasteiger partial charge is 0.356 e. The Labute approximate surface area is 200 Å². The van der Waals surface area contributed by atoms with E-state index in [1.165, 1.54) is 12.8 Å². The highest BCUT2D eigenvalue weighted by molar-refractivity contribution is 6.06. The first-order valence-electron chi connectivity index (χ1n) is 12.4. The number of hydrogen-bond acceptors (Lipinski definition) is 4. The zero-order chi connectivity index (χ0) is 23.8. The van der Waals surface area contributed by atoms with Crippen LogP contribution in [0.5, 0.6) is 0 Å². The molecule has 2 aromatic heterocycles. The van der Waals surface area contributed by atoms with Gasteiger partial charge in [-0.15, -0.1) is 0 Å². The van der Waals surface area contributed by atoms with Gasteiger partial charge in [-0.2, -0.15) is 5.10 Å². The molecule has 7 heteroatoms. The van der Waals surface area contributed by atoms with Crippen molar-refractivity contribution in [2.45, 2.75) is 52.5 Å². The fraction of sp³-hybridized carbons (Fsp3) is 0.481. The molecule has 1 aliphatic heterocycles. The first-order valence-corrected chi connectivity index (χ1v) is 12.4. The zero-order valence-corrected chi connectivity index (χ0v) is 20.3. The van der Waals surface area contributed by atoms with Gasteiger partial charge in [-0.3, -0.25) is 9.59 Å². The first kappa shape index (κ1) is 22.6. The van der Waals surface area contributed by atoms with Crippen LogP contribution in [0.3, 0.4) is 0 Å². The van der Waals surface area contributed by atoms with Crippen LogP contribution < -0.4 is 5.32 Å². The van der Waals surface area contributed by atoms with Crippen molar-refractivity contribution in [2.75, 3.05) is 19.6 Å². The number of aryl methyl sites for hydroxylation is 1. The van der Waals surface area contributed by atoms with E-state index >= 15 is 0 Å². The summed E-state index contributed by atoms with van der Waals surface area (Å²) in [6.07, 6.45) is 5.83. The summed E-state index contributed by atoms with van der Waals surface area (Å²) in [6.45, 7) is 8.06. The molecule has 5 rings (SSSR count). The number of nitrogens with zero attached hydrogens (tertiary/aromatic N) is 4. The predicted molar refractivity (Wildman–Crippen MR) is 132 cm³/mol. The van der Waals surface area contributed by atoms with E-state index in [1.54, 1.807) is 6.20 Å². The summed E-state index contributed by atoms with van der Waals surface area (Å²) in [5.41, 5.74) is 4.20. The molecule has 3 aromatic rings. The maximum Gasteiger partial charge on any atom is 0.254 e. The number of fused-ring (bicyclic) bond motifs is 1. The van der Waals surface area contributed by atoms with Gasteiger partial charge in [0, 0.05) is 31.2 Å². The molecule has 1 saturated heterocycles. The average molecular weight is 460 g/mol. The van der Waals surface area contributed by atoms with Gasteiger partial charge >= 0.3 is 0 Å². The summed E-state index contributed by atoms with van der Waals surface area (Å²) in [5.74, 6) is 0.526. The third-order valence-electron chi connectivity index (χ3n) is 7.05. The molecule has 0 radical (unpaired) electrons. The Morgan fingerprint density at radius 2 is 1.97 bits per heavy atom. The second kappa shape index (κ2) is 9.20. The number of nitrogens with one attached hydrogen (secondary N) is 1. The smallest absolute Gasteiger partial charge is 0.254 e. The van der Waals surface area contributed by atoms with Crippen molar-refractivity contribution in [3.63, 3.8) is 0 Å². The molecule has 2 fully saturated rings. The third kappa shape index (κ3) is 4.43. The second-order valence-corrected chi connectivity index (χ2v) is 10.1. The molecule has 1 atom stereocenters. The number of aromatic nitrogens is 3. The Morgan fingerprint density at radius 1 is 1.18 bits per heavy atom. The molecule has 178 valence electrons. The molecule has 1 aliphatic carbocycles. The van der Waals surface area contributed by atoms with E-state index in [0.717, 1.165) is 47.2 Å². The van der Waals surface area contributed by atoms with Gasteiger partial charge in [-0.05, 0) is 64.0 Å². The van der Waals surface area contributed by atoms with Crippen LogP contribution in [0.2, 0.25) is 0 Å². The van der Waals surface area contributed by atoms with Gasteiger partial charge in [0.15, 0.2) is 5.65 Å². The molecule has 1 aromatic carbocycles. The second-order valence-electron chi connectivity index (χ2n) is 10.1. The van der Waals surface area contributed by atoms with Crippen LogP contribution in [0.1, 0.15) is 61.5 Å². The van der Waals surface area contributed by atoms with E-state index in [0.29, 0.717) is 24.6 Å². The molecule has 3 heterocycles. The molecule has 0 unspecified atom stereocenters. The number of carbonyl (C=O) groups is 2. The maximum atomic E-state index is 13.8. The number of amides is 2. The van der Waals surface area contributed by atoms with Crippen molar-refractivity contribution in [1.29, 1.82) is 0 Å². The summed E-state index contributed by atoms with van der Waals surface area (Å²) in [5, 5.41) is 8.41. The van der Waals surface area contributed by atoms with Crippen molar-refractivity contribution < 1.29 is 9.59 Å². The Hall–Kier alpha value is -3.22. The van der Waals surface area contributed by atoms with E-state index in [2.05, 4.69) is 37.3 Å². The molecular weight excluding hydrogens is 426 g/mol. The monoisotopic (exact) mass is 459 g/mol. The van der Waals surface area contributed by atoms with Gasteiger partial charge in [0.2, 0.25) is 5.91 Å². The van der Waals surface area contributed by atoms with Crippen molar-refractivity contribution >= 4 is 22.8 Å². The SMILES string of the molecule is Cc1ccccc1-c1cc(C(=O)N2CCC[C@H](C(=O)NCC3CC3)C2)c2cnn(C(C)C)c2n1. The zero-order valence-electron chi connectivity index (χ0n) is 20.3. The Kier molecular flexibility index (Phi) is 6.11. The van der Waals surface area contributed by atoms with Crippen LogP contribution in [0.15, 0.2) is 36.5 Å². The fourth-order valence-electron chi connectivity index (χ4n) is 4.83. The van der Waals surface area contributed by atoms with E-state index in [1.807, 2.05) is 33.8 Å². The lowest BCUT2D eigenvalue weighted by Crippen LogP contribution is -2.45. The first-order chi connectivity index (χ1) is 16.4. The van der Waals surface area contributed by atoms with Crippen molar-refractivity contribution in [3.05, 3.63) is 47.7 Å². The van der Waals surface area contributed by atoms with Gasteiger partial charge in [0.25, 0.3) is 5.91 Å². The lowest BCUT2D eigenvalue weighted by atomic mass is 9.95. The van der Waals surface area contributed by atoms with Gasteiger partial charge in [-0.1, -0.05) is 24.3 Å². The number of likely N-dealkylation sites (tertiary alicyclic amines) is 1. The fourth-order valence-corrected chi connectivity index (χ4v) is 4.83. The van der Waals surface area contributed by atoms with Crippen LogP contribution in [-0.2, 0) is 4.79 Å². The number of piperidine rings is 1. The highest BCUT2D eigenvalue weighted by Gasteiger charge is 2.31. The number of hydrogen-bond donors (Lipinski definition) is 1. The highest BCUT2D eigenvalue weighted by Crippen LogP contribution is 2.30. The van der Waals surface area contributed by atoms with Crippen LogP contribution >= 0.6 is 0 Å². The number of carbonyl (C=O) groups excluding carboxylic acids is 2. The number of benzene rings is 1. The van der Waals surface area contributed by atoms with Gasteiger partial charge < -0.3 is 10.2 Å². The molecule has 1 N–H and O–H groups in total. The molecule has 0 spiro atoms. The standard InChI is InChI=1S/C27H33N5O2/c1-17(2)32-25-23(15-29-32)22(13-24(30-25)21-9-5-4-7-18(21)3)27(34)31-12-6-8-20(16-31)26(33)28-14-19-10-11-19/h4-5,7,9,13,15,17,19-20H,6,8,10-12,14,16H2,1-3H3,(H,28,33)/t20-/m0/s1. The average Bonchev–Trinajstić information content (AvgIpc) is 3.58. The lowest BCUT2D eigenvalue weighted by Gasteiger charge is -2.32. The maximum absolute atomic E-state index is 13.8. The quantitative estimate of drug-likeness (QED) is 0.594. The normalized spacial score (nSPS) is 18.5. The van der Waals surface area contributed by atoms with Crippen LogP contribution in [0.4, 0.5) is 0 Å². The molecule has 34 heavy (non-hydrogen) atoms. The van der Waals surface area contributed by atoms with E-state index in [9.17, 15) is 9.59 Å². The Balaban J connectivity index is 1.48. The summed E-state index contributed by atoms with van der Waals surface area (Å²) in [7, 11) is 0. The predicted octanol–water partition coefficient (Wildman–Crippen LogP) is 4.37. The molecule has 2 amide bonds. The Bertz CT molecular complexity index is 1230. The topological polar surface area (TPSA) is 80.1 Å². The van der Waals surface area contributed by atoms with Gasteiger partial charge in [-0.25, -0.2) is 9.67 Å². The minimum atomic E-state index is -0.150. The van der Waals surface area contributed by atoms with Crippen molar-refractivity contribution in [1.82, 2.24) is 25.0 Å². The minimum Gasteiger partial charge on any atom is -0.356 e.